The number of carbonyl (C=O) groups excluding carboxylic acids is 1. The van der Waals surface area contributed by atoms with Crippen molar-refractivity contribution < 1.29 is 28.1 Å². The average molecular weight is 444 g/mol. The highest BCUT2D eigenvalue weighted by molar-refractivity contribution is 5.78. The van der Waals surface area contributed by atoms with E-state index in [9.17, 15) is 14.4 Å². The molecule has 0 spiro atoms. The van der Waals surface area contributed by atoms with Crippen LogP contribution < -0.4 is 24.7 Å². The molecule has 33 heavy (non-hydrogen) atoms. The van der Waals surface area contributed by atoms with Gasteiger partial charge in [0.2, 0.25) is 12.0 Å². The second kappa shape index (κ2) is 8.20. The molecule has 5 rings (SSSR count). The van der Waals surface area contributed by atoms with Crippen LogP contribution in [0.3, 0.4) is 0 Å². The van der Waals surface area contributed by atoms with E-state index < -0.39 is 18.0 Å². The van der Waals surface area contributed by atoms with Crippen molar-refractivity contribution in [1.29, 1.82) is 5.26 Å². The van der Waals surface area contributed by atoms with Gasteiger partial charge in [0.25, 0.3) is 0 Å². The van der Waals surface area contributed by atoms with Gasteiger partial charge in [0, 0.05) is 11.6 Å². The molecule has 7 nitrogen and oxygen atoms in total. The summed E-state index contributed by atoms with van der Waals surface area (Å²) in [4.78, 5) is 12.6. The monoisotopic (exact) mass is 444 g/mol. The van der Waals surface area contributed by atoms with Crippen molar-refractivity contribution in [3.8, 4) is 29.1 Å². The fraction of sp³-hybridized carbons (Fsp3) is 0.120. The summed E-state index contributed by atoms with van der Waals surface area (Å²) in [7, 11) is 0. The standard InChI is InChI=1S/C25H17FN2O5/c26-15-7-5-14(6-8-15)23-17-10-9-16(11-21(17)33-24(28)18(23)12-27)31-25(29)22-13-30-19-3-1-2-4-20(19)32-22/h1-11,22-23H,13,28H2. The van der Waals surface area contributed by atoms with Crippen LogP contribution in [0.5, 0.6) is 23.0 Å². The average Bonchev–Trinajstić information content (AvgIpc) is 2.83. The lowest BCUT2D eigenvalue weighted by Crippen LogP contribution is -2.39. The number of esters is 1. The summed E-state index contributed by atoms with van der Waals surface area (Å²) in [6.07, 6.45) is -0.932. The fourth-order valence-electron chi connectivity index (χ4n) is 3.81. The van der Waals surface area contributed by atoms with Crippen LogP contribution in [-0.2, 0) is 4.79 Å². The number of hydrogen-bond acceptors (Lipinski definition) is 7. The van der Waals surface area contributed by atoms with Crippen LogP contribution in [0.4, 0.5) is 4.39 Å². The summed E-state index contributed by atoms with van der Waals surface area (Å²) in [6.45, 7) is 0.0190. The first-order chi connectivity index (χ1) is 16.0. The van der Waals surface area contributed by atoms with Crippen LogP contribution in [0.2, 0.25) is 0 Å². The summed E-state index contributed by atoms with van der Waals surface area (Å²) in [6, 6.07) is 19.7. The summed E-state index contributed by atoms with van der Waals surface area (Å²) in [5, 5.41) is 9.62. The number of para-hydroxylation sites is 2. The number of carbonyl (C=O) groups is 1. The van der Waals surface area contributed by atoms with E-state index >= 15 is 0 Å². The van der Waals surface area contributed by atoms with Crippen LogP contribution in [0.15, 0.2) is 78.2 Å². The third-order valence-corrected chi connectivity index (χ3v) is 5.38. The van der Waals surface area contributed by atoms with E-state index in [2.05, 4.69) is 6.07 Å². The molecule has 8 heteroatoms. The predicted octanol–water partition coefficient (Wildman–Crippen LogP) is 3.79. The van der Waals surface area contributed by atoms with Gasteiger partial charge in [-0.3, -0.25) is 0 Å². The first-order valence-electron chi connectivity index (χ1n) is 10.1. The Morgan fingerprint density at radius 1 is 1.06 bits per heavy atom. The van der Waals surface area contributed by atoms with Crippen LogP contribution in [0.25, 0.3) is 0 Å². The number of allylic oxidation sites excluding steroid dienone is 1. The van der Waals surface area contributed by atoms with Crippen LogP contribution in [0.1, 0.15) is 17.0 Å². The van der Waals surface area contributed by atoms with Gasteiger partial charge in [-0.2, -0.15) is 5.26 Å². The van der Waals surface area contributed by atoms with Gasteiger partial charge in [-0.05, 0) is 35.9 Å². The maximum Gasteiger partial charge on any atom is 0.356 e. The molecule has 2 heterocycles. The summed E-state index contributed by atoms with van der Waals surface area (Å²) in [5.74, 6) is -0.0600. The minimum Gasteiger partial charge on any atom is -0.485 e. The number of nitriles is 1. The van der Waals surface area contributed by atoms with Crippen molar-refractivity contribution in [3.05, 3.63) is 95.1 Å². The number of ether oxygens (including phenoxy) is 4. The Hall–Kier alpha value is -4.51. The molecule has 2 aliphatic rings. The number of nitrogens with two attached hydrogens (primary N) is 1. The largest absolute Gasteiger partial charge is 0.485 e. The summed E-state index contributed by atoms with van der Waals surface area (Å²) >= 11 is 0. The third-order valence-electron chi connectivity index (χ3n) is 5.38. The zero-order valence-corrected chi connectivity index (χ0v) is 17.2. The quantitative estimate of drug-likeness (QED) is 0.484. The molecule has 2 N–H and O–H groups in total. The van der Waals surface area contributed by atoms with Gasteiger partial charge < -0.3 is 24.7 Å². The van der Waals surface area contributed by atoms with E-state index in [1.807, 2.05) is 6.07 Å². The Morgan fingerprint density at radius 2 is 1.82 bits per heavy atom. The van der Waals surface area contributed by atoms with Crippen LogP contribution in [-0.4, -0.2) is 18.7 Å². The van der Waals surface area contributed by atoms with Gasteiger partial charge in [0.05, 0.1) is 5.92 Å². The SMILES string of the molecule is N#CC1=C(N)Oc2cc(OC(=O)C3COc4ccccc4O3)ccc2C1c1ccc(F)cc1. The van der Waals surface area contributed by atoms with E-state index in [1.165, 1.54) is 18.2 Å². The molecule has 0 bridgehead atoms. The van der Waals surface area contributed by atoms with Gasteiger partial charge >= 0.3 is 5.97 Å². The Morgan fingerprint density at radius 3 is 2.58 bits per heavy atom. The molecule has 2 aliphatic heterocycles. The topological polar surface area (TPSA) is 104 Å². The normalized spacial score (nSPS) is 18.5. The van der Waals surface area contributed by atoms with Crippen molar-refractivity contribution in [2.24, 2.45) is 5.73 Å². The minimum atomic E-state index is -0.932. The number of hydrogen-bond donors (Lipinski definition) is 1. The Kier molecular flexibility index (Phi) is 5.07. The second-order valence-corrected chi connectivity index (χ2v) is 7.46. The van der Waals surface area contributed by atoms with Gasteiger partial charge in [-0.15, -0.1) is 0 Å². The smallest absolute Gasteiger partial charge is 0.356 e. The molecule has 3 aromatic carbocycles. The zero-order valence-electron chi connectivity index (χ0n) is 17.2. The van der Waals surface area contributed by atoms with Crippen molar-refractivity contribution in [3.63, 3.8) is 0 Å². The van der Waals surface area contributed by atoms with E-state index in [1.54, 1.807) is 42.5 Å². The van der Waals surface area contributed by atoms with E-state index in [-0.39, 0.29) is 29.6 Å². The molecule has 0 aliphatic carbocycles. The van der Waals surface area contributed by atoms with Gasteiger partial charge in [-0.1, -0.05) is 30.3 Å². The lowest BCUT2D eigenvalue weighted by atomic mass is 9.83. The molecular weight excluding hydrogens is 427 g/mol. The molecule has 2 atom stereocenters. The first kappa shape index (κ1) is 20.4. The number of fused-ring (bicyclic) bond motifs is 2. The van der Waals surface area contributed by atoms with Gasteiger partial charge in [0.1, 0.15) is 35.6 Å². The fourth-order valence-corrected chi connectivity index (χ4v) is 3.81. The highest BCUT2D eigenvalue weighted by Crippen LogP contribution is 2.43. The number of halogens is 1. The molecule has 2 unspecified atom stereocenters. The Labute approximate surface area is 188 Å². The van der Waals surface area contributed by atoms with Gasteiger partial charge in [0.15, 0.2) is 11.5 Å². The Balaban J connectivity index is 1.40. The van der Waals surface area contributed by atoms with Gasteiger partial charge in [-0.25, -0.2) is 9.18 Å². The Bertz CT molecular complexity index is 1310. The first-order valence-corrected chi connectivity index (χ1v) is 10.1. The van der Waals surface area contributed by atoms with Crippen molar-refractivity contribution in [2.75, 3.05) is 6.61 Å². The molecule has 3 aromatic rings. The maximum absolute atomic E-state index is 13.4. The van der Waals surface area contributed by atoms with Crippen molar-refractivity contribution >= 4 is 5.97 Å². The second-order valence-electron chi connectivity index (χ2n) is 7.46. The molecule has 0 saturated carbocycles. The molecule has 0 aromatic heterocycles. The summed E-state index contributed by atoms with van der Waals surface area (Å²) in [5.41, 5.74) is 7.52. The van der Waals surface area contributed by atoms with E-state index in [0.29, 0.717) is 28.4 Å². The number of rotatable bonds is 3. The zero-order chi connectivity index (χ0) is 22.9. The molecule has 164 valence electrons. The molecular formula is C25H17FN2O5. The lowest BCUT2D eigenvalue weighted by molar-refractivity contribution is -0.144. The van der Waals surface area contributed by atoms with Crippen molar-refractivity contribution in [2.45, 2.75) is 12.0 Å². The predicted molar refractivity (Wildman–Crippen MR) is 114 cm³/mol. The molecule has 0 amide bonds. The lowest BCUT2D eigenvalue weighted by Gasteiger charge is -2.27. The highest BCUT2D eigenvalue weighted by Gasteiger charge is 2.32. The van der Waals surface area contributed by atoms with Crippen LogP contribution >= 0.6 is 0 Å². The van der Waals surface area contributed by atoms with Crippen molar-refractivity contribution in [1.82, 2.24) is 0 Å². The highest BCUT2D eigenvalue weighted by atomic mass is 19.1. The third kappa shape index (κ3) is 3.81. The molecule has 0 radical (unpaired) electrons. The molecule has 0 fully saturated rings. The maximum atomic E-state index is 13.4. The number of benzene rings is 3. The minimum absolute atomic E-state index is 0.0190. The van der Waals surface area contributed by atoms with Crippen LogP contribution in [0, 0.1) is 17.1 Å². The molecule has 0 saturated heterocycles. The van der Waals surface area contributed by atoms with E-state index in [4.69, 9.17) is 24.7 Å². The van der Waals surface area contributed by atoms with E-state index in [0.717, 1.165) is 0 Å². The summed E-state index contributed by atoms with van der Waals surface area (Å²) < 4.78 is 35.8. The number of nitrogens with zero attached hydrogens (tertiary/aromatic N) is 1.